The van der Waals surface area contributed by atoms with Crippen molar-refractivity contribution in [2.75, 3.05) is 0 Å². The van der Waals surface area contributed by atoms with E-state index in [9.17, 15) is 4.79 Å². The van der Waals surface area contributed by atoms with Crippen molar-refractivity contribution in [2.24, 2.45) is 5.92 Å². The van der Waals surface area contributed by atoms with E-state index in [0.717, 1.165) is 24.2 Å². The predicted molar refractivity (Wildman–Crippen MR) is 84.6 cm³/mol. The van der Waals surface area contributed by atoms with Gasteiger partial charge in [0.05, 0.1) is 0 Å². The minimum atomic E-state index is 0.175. The fraction of sp³-hybridized carbons (Fsp3) is 0.333. The Morgan fingerprint density at radius 2 is 2.05 bits per heavy atom. The Morgan fingerprint density at radius 3 is 2.82 bits per heavy atom. The summed E-state index contributed by atoms with van der Waals surface area (Å²) < 4.78 is 5.70. The number of amides is 1. The van der Waals surface area contributed by atoms with Crippen molar-refractivity contribution in [3.8, 4) is 11.6 Å². The zero-order valence-electron chi connectivity index (χ0n) is 12.5. The van der Waals surface area contributed by atoms with Crippen LogP contribution in [0.25, 0.3) is 0 Å². The zero-order valence-corrected chi connectivity index (χ0v) is 12.5. The maximum atomic E-state index is 12.0. The van der Waals surface area contributed by atoms with Crippen LogP contribution < -0.4 is 10.1 Å². The summed E-state index contributed by atoms with van der Waals surface area (Å²) in [6.07, 6.45) is 6.08. The summed E-state index contributed by atoms with van der Waals surface area (Å²) in [5.41, 5.74) is 1.03. The molecule has 4 nitrogen and oxygen atoms in total. The molecular formula is C18H20N2O2. The lowest BCUT2D eigenvalue weighted by Crippen LogP contribution is -2.28. The van der Waals surface area contributed by atoms with Crippen LogP contribution in [0.5, 0.6) is 11.6 Å². The highest BCUT2D eigenvalue weighted by molar-refractivity contribution is 5.78. The van der Waals surface area contributed by atoms with Gasteiger partial charge in [0.1, 0.15) is 5.75 Å². The normalized spacial score (nSPS) is 14.7. The number of hydrogen-bond acceptors (Lipinski definition) is 3. The first-order chi connectivity index (χ1) is 10.8. The smallest absolute Gasteiger partial charge is 0.223 e. The second-order valence-corrected chi connectivity index (χ2v) is 5.62. The number of rotatable bonds is 5. The third-order valence-corrected chi connectivity index (χ3v) is 3.95. The molecule has 1 amide bonds. The summed E-state index contributed by atoms with van der Waals surface area (Å²) in [5, 5.41) is 3.02. The molecule has 0 unspecified atom stereocenters. The average molecular weight is 296 g/mol. The molecule has 114 valence electrons. The Kier molecular flexibility index (Phi) is 4.68. The summed E-state index contributed by atoms with van der Waals surface area (Å²) in [4.78, 5) is 16.2. The van der Waals surface area contributed by atoms with E-state index in [1.54, 1.807) is 6.20 Å². The molecular weight excluding hydrogens is 276 g/mol. The molecule has 3 rings (SSSR count). The molecule has 0 atom stereocenters. The maximum absolute atomic E-state index is 12.0. The van der Waals surface area contributed by atoms with Crippen molar-refractivity contribution in [1.29, 1.82) is 0 Å². The van der Waals surface area contributed by atoms with E-state index in [0.29, 0.717) is 12.4 Å². The van der Waals surface area contributed by atoms with Crippen molar-refractivity contribution in [3.63, 3.8) is 0 Å². The molecule has 1 aromatic heterocycles. The molecule has 1 fully saturated rings. The standard InChI is InChI=1S/C18H20N2O2/c21-18(15-7-1-2-8-15)20-13-14-6-5-9-16(12-14)22-17-10-3-4-11-19-17/h3-6,9-12,15H,1-2,7-8,13H2,(H,20,21). The number of pyridine rings is 1. The Hall–Kier alpha value is -2.36. The monoisotopic (exact) mass is 296 g/mol. The van der Waals surface area contributed by atoms with E-state index in [1.165, 1.54) is 12.8 Å². The van der Waals surface area contributed by atoms with Crippen LogP contribution >= 0.6 is 0 Å². The van der Waals surface area contributed by atoms with Gasteiger partial charge in [0.2, 0.25) is 11.8 Å². The summed E-state index contributed by atoms with van der Waals surface area (Å²) in [6.45, 7) is 0.536. The minimum Gasteiger partial charge on any atom is -0.439 e. The molecule has 1 N–H and O–H groups in total. The van der Waals surface area contributed by atoms with Gasteiger partial charge in [0, 0.05) is 24.7 Å². The number of nitrogens with zero attached hydrogens (tertiary/aromatic N) is 1. The lowest BCUT2D eigenvalue weighted by atomic mass is 10.1. The van der Waals surface area contributed by atoms with Crippen molar-refractivity contribution < 1.29 is 9.53 Å². The first kappa shape index (κ1) is 14.6. The number of aromatic nitrogens is 1. The van der Waals surface area contributed by atoms with Crippen LogP contribution in [0.15, 0.2) is 48.7 Å². The molecule has 1 saturated carbocycles. The van der Waals surface area contributed by atoms with Gasteiger partial charge in [-0.3, -0.25) is 4.79 Å². The van der Waals surface area contributed by atoms with Crippen LogP contribution in [0, 0.1) is 5.92 Å². The summed E-state index contributed by atoms with van der Waals surface area (Å²) in [7, 11) is 0. The number of carbonyl (C=O) groups excluding carboxylic acids is 1. The Bertz CT molecular complexity index is 622. The van der Waals surface area contributed by atoms with Crippen LogP contribution in [-0.2, 0) is 11.3 Å². The SMILES string of the molecule is O=C(NCc1cccc(Oc2ccccn2)c1)C1CCCC1. The molecule has 1 aromatic carbocycles. The van der Waals surface area contributed by atoms with E-state index in [4.69, 9.17) is 4.74 Å². The van der Waals surface area contributed by atoms with E-state index in [1.807, 2.05) is 42.5 Å². The first-order valence-corrected chi connectivity index (χ1v) is 7.77. The van der Waals surface area contributed by atoms with Crippen LogP contribution in [0.3, 0.4) is 0 Å². The Balaban J connectivity index is 1.58. The van der Waals surface area contributed by atoms with Crippen LogP contribution in [0.4, 0.5) is 0 Å². The molecule has 0 saturated heterocycles. The minimum absolute atomic E-state index is 0.175. The lowest BCUT2D eigenvalue weighted by molar-refractivity contribution is -0.124. The second-order valence-electron chi connectivity index (χ2n) is 5.62. The van der Waals surface area contributed by atoms with Crippen LogP contribution in [0.1, 0.15) is 31.2 Å². The van der Waals surface area contributed by atoms with E-state index >= 15 is 0 Å². The quantitative estimate of drug-likeness (QED) is 0.915. The van der Waals surface area contributed by atoms with Gasteiger partial charge >= 0.3 is 0 Å². The number of nitrogens with one attached hydrogen (secondary N) is 1. The van der Waals surface area contributed by atoms with Crippen LogP contribution in [0.2, 0.25) is 0 Å². The van der Waals surface area contributed by atoms with Crippen molar-refractivity contribution >= 4 is 5.91 Å². The highest BCUT2D eigenvalue weighted by atomic mass is 16.5. The van der Waals surface area contributed by atoms with Crippen molar-refractivity contribution in [1.82, 2.24) is 10.3 Å². The first-order valence-electron chi connectivity index (χ1n) is 7.77. The molecule has 0 spiro atoms. The highest BCUT2D eigenvalue weighted by Gasteiger charge is 2.22. The molecule has 0 aliphatic heterocycles. The third-order valence-electron chi connectivity index (χ3n) is 3.95. The van der Waals surface area contributed by atoms with Gasteiger partial charge in [0.15, 0.2) is 0 Å². The average Bonchev–Trinajstić information content (AvgIpc) is 3.08. The van der Waals surface area contributed by atoms with Gasteiger partial charge in [0.25, 0.3) is 0 Å². The molecule has 22 heavy (non-hydrogen) atoms. The van der Waals surface area contributed by atoms with E-state index in [2.05, 4.69) is 10.3 Å². The van der Waals surface area contributed by atoms with Gasteiger partial charge < -0.3 is 10.1 Å². The number of ether oxygens (including phenoxy) is 1. The largest absolute Gasteiger partial charge is 0.439 e. The second kappa shape index (κ2) is 7.07. The summed E-state index contributed by atoms with van der Waals surface area (Å²) in [6, 6.07) is 13.3. The van der Waals surface area contributed by atoms with Gasteiger partial charge in [-0.05, 0) is 36.6 Å². The Labute approximate surface area is 130 Å². The number of carbonyl (C=O) groups is 1. The molecule has 2 aromatic rings. The van der Waals surface area contributed by atoms with E-state index in [-0.39, 0.29) is 11.8 Å². The molecule has 1 aliphatic rings. The molecule has 1 heterocycles. The van der Waals surface area contributed by atoms with Gasteiger partial charge in [-0.1, -0.05) is 31.0 Å². The topological polar surface area (TPSA) is 51.2 Å². The molecule has 0 radical (unpaired) electrons. The highest BCUT2D eigenvalue weighted by Crippen LogP contribution is 2.25. The van der Waals surface area contributed by atoms with Crippen LogP contribution in [-0.4, -0.2) is 10.9 Å². The molecule has 1 aliphatic carbocycles. The lowest BCUT2D eigenvalue weighted by Gasteiger charge is -2.11. The van der Waals surface area contributed by atoms with Gasteiger partial charge in [-0.2, -0.15) is 0 Å². The Morgan fingerprint density at radius 1 is 1.18 bits per heavy atom. The van der Waals surface area contributed by atoms with Gasteiger partial charge in [-0.15, -0.1) is 0 Å². The predicted octanol–water partition coefficient (Wildman–Crippen LogP) is 3.68. The van der Waals surface area contributed by atoms with E-state index < -0.39 is 0 Å². The third kappa shape index (κ3) is 3.85. The molecule has 0 bridgehead atoms. The fourth-order valence-corrected chi connectivity index (χ4v) is 2.77. The summed E-state index contributed by atoms with van der Waals surface area (Å²) in [5.74, 6) is 1.67. The van der Waals surface area contributed by atoms with Gasteiger partial charge in [-0.25, -0.2) is 4.98 Å². The molecule has 4 heteroatoms. The number of hydrogen-bond donors (Lipinski definition) is 1. The van der Waals surface area contributed by atoms with Crippen molar-refractivity contribution in [3.05, 3.63) is 54.2 Å². The summed E-state index contributed by atoms with van der Waals surface area (Å²) >= 11 is 0. The zero-order chi connectivity index (χ0) is 15.2. The maximum Gasteiger partial charge on any atom is 0.223 e. The number of benzene rings is 1. The fourth-order valence-electron chi connectivity index (χ4n) is 2.77. The van der Waals surface area contributed by atoms with Crippen molar-refractivity contribution in [2.45, 2.75) is 32.2 Å².